The molecule has 0 aromatic carbocycles. The third kappa shape index (κ3) is 1.82. The number of rotatable bonds is 0. The Kier molecular flexibility index (Phi) is 2.18. The van der Waals surface area contributed by atoms with Crippen LogP contribution in [0.3, 0.4) is 0 Å². The summed E-state index contributed by atoms with van der Waals surface area (Å²) in [5.41, 5.74) is 1.98. The summed E-state index contributed by atoms with van der Waals surface area (Å²) >= 11 is 0. The lowest BCUT2D eigenvalue weighted by molar-refractivity contribution is 0.567. The third-order valence-electron chi connectivity index (χ3n) is 1.59. The average Bonchev–Trinajstić information content (AvgIpc) is 2.84. The van der Waals surface area contributed by atoms with Crippen molar-refractivity contribution in [3.05, 3.63) is 49.3 Å². The average molecular weight is 175 g/mol. The van der Waals surface area contributed by atoms with Gasteiger partial charge in [0, 0.05) is 12.3 Å². The molecule has 0 aliphatic rings. The van der Waals surface area contributed by atoms with Crippen LogP contribution in [0.25, 0.3) is 11.1 Å². The van der Waals surface area contributed by atoms with Gasteiger partial charge in [-0.15, -0.1) is 0 Å². The molecule has 3 heteroatoms. The maximum absolute atomic E-state index is 5.03. The number of fused-ring (bicyclic) bond motifs is 1. The van der Waals surface area contributed by atoms with Gasteiger partial charge < -0.3 is 13.8 Å². The normalized spacial score (nSPS) is 9.54. The van der Waals surface area contributed by atoms with Gasteiger partial charge >= 0.3 is 0 Å². The van der Waals surface area contributed by atoms with Gasteiger partial charge in [-0.1, -0.05) is 0 Å². The Morgan fingerprint density at radius 1 is 1.00 bits per heavy atom. The molecule has 0 aliphatic heterocycles. The molecule has 0 spiro atoms. The van der Waals surface area contributed by atoms with Crippen molar-refractivity contribution < 1.29 is 8.83 Å². The maximum Gasteiger partial charge on any atom is 0.151 e. The zero-order valence-corrected chi connectivity index (χ0v) is 6.94. The van der Waals surface area contributed by atoms with Crippen molar-refractivity contribution in [1.82, 2.24) is 4.98 Å². The van der Waals surface area contributed by atoms with E-state index < -0.39 is 0 Å². The van der Waals surface area contributed by atoms with Crippen LogP contribution in [0.5, 0.6) is 0 Å². The molecule has 3 aromatic heterocycles. The van der Waals surface area contributed by atoms with Gasteiger partial charge in [-0.3, -0.25) is 0 Å². The van der Waals surface area contributed by atoms with Crippen molar-refractivity contribution in [3.8, 4) is 0 Å². The summed E-state index contributed by atoms with van der Waals surface area (Å²) in [5, 5.41) is 0. The summed E-state index contributed by atoms with van der Waals surface area (Å²) in [6.07, 6.45) is 6.77. The van der Waals surface area contributed by atoms with E-state index >= 15 is 0 Å². The molecule has 0 amide bonds. The first kappa shape index (κ1) is 7.73. The zero-order valence-electron chi connectivity index (χ0n) is 6.94. The number of hydrogen-bond acceptors (Lipinski definition) is 2. The van der Waals surface area contributed by atoms with E-state index in [1.165, 1.54) is 0 Å². The highest BCUT2D eigenvalue weighted by atomic mass is 16.3. The van der Waals surface area contributed by atoms with Crippen molar-refractivity contribution in [2.24, 2.45) is 0 Å². The molecule has 3 aromatic rings. The first-order valence-electron chi connectivity index (χ1n) is 3.94. The number of furan rings is 2. The van der Waals surface area contributed by atoms with Gasteiger partial charge in [0.25, 0.3) is 0 Å². The minimum absolute atomic E-state index is 0.921. The molecule has 3 nitrogen and oxygen atoms in total. The maximum atomic E-state index is 5.03. The van der Waals surface area contributed by atoms with Crippen LogP contribution in [-0.2, 0) is 0 Å². The van der Waals surface area contributed by atoms with Crippen LogP contribution in [0.2, 0.25) is 0 Å². The van der Waals surface area contributed by atoms with E-state index in [1.807, 2.05) is 30.5 Å². The molecule has 0 saturated carbocycles. The summed E-state index contributed by atoms with van der Waals surface area (Å²) in [5.74, 6) is 0. The van der Waals surface area contributed by atoms with Crippen molar-refractivity contribution in [2.75, 3.05) is 0 Å². The van der Waals surface area contributed by atoms with Crippen LogP contribution in [0.15, 0.2) is 58.1 Å². The van der Waals surface area contributed by atoms with Crippen molar-refractivity contribution in [2.45, 2.75) is 0 Å². The van der Waals surface area contributed by atoms with Gasteiger partial charge in [0.1, 0.15) is 0 Å². The Balaban J connectivity index is 0.000000113. The number of H-pyrrole nitrogens is 1. The van der Waals surface area contributed by atoms with Crippen LogP contribution < -0.4 is 0 Å². The minimum Gasteiger partial charge on any atom is -0.473 e. The summed E-state index contributed by atoms with van der Waals surface area (Å²) in [4.78, 5) is 3.01. The first-order chi connectivity index (χ1) is 6.47. The van der Waals surface area contributed by atoms with Crippen LogP contribution in [0, 0.1) is 0 Å². The monoisotopic (exact) mass is 175 g/mol. The molecule has 13 heavy (non-hydrogen) atoms. The minimum atomic E-state index is 0.921. The van der Waals surface area contributed by atoms with Crippen molar-refractivity contribution in [3.63, 3.8) is 0 Å². The van der Waals surface area contributed by atoms with Gasteiger partial charge in [0.05, 0.1) is 24.3 Å². The summed E-state index contributed by atoms with van der Waals surface area (Å²) in [7, 11) is 0. The van der Waals surface area contributed by atoms with Gasteiger partial charge in [-0.25, -0.2) is 0 Å². The third-order valence-corrected chi connectivity index (χ3v) is 1.59. The second-order valence-corrected chi connectivity index (χ2v) is 2.47. The molecule has 0 aliphatic carbocycles. The molecular formula is C10H9NO2. The molecule has 1 N–H and O–H groups in total. The van der Waals surface area contributed by atoms with Crippen LogP contribution in [-0.4, -0.2) is 4.98 Å². The fourth-order valence-corrected chi connectivity index (χ4v) is 1.00. The number of hydrogen-bond donors (Lipinski definition) is 1. The fourth-order valence-electron chi connectivity index (χ4n) is 1.00. The number of aromatic amines is 1. The van der Waals surface area contributed by atoms with Crippen molar-refractivity contribution >= 4 is 11.1 Å². The van der Waals surface area contributed by atoms with E-state index in [4.69, 9.17) is 4.42 Å². The van der Waals surface area contributed by atoms with Gasteiger partial charge in [0.15, 0.2) is 5.58 Å². The predicted octanol–water partition coefficient (Wildman–Crippen LogP) is 3.04. The predicted molar refractivity (Wildman–Crippen MR) is 49.3 cm³/mol. The Morgan fingerprint density at radius 3 is 2.46 bits per heavy atom. The Morgan fingerprint density at radius 2 is 1.85 bits per heavy atom. The van der Waals surface area contributed by atoms with Gasteiger partial charge in [0.2, 0.25) is 0 Å². The lowest BCUT2D eigenvalue weighted by Gasteiger charge is -1.66. The number of nitrogens with one attached hydrogen (secondary N) is 1. The fraction of sp³-hybridized carbons (Fsp3) is 0. The van der Waals surface area contributed by atoms with Crippen LogP contribution in [0.4, 0.5) is 0 Å². The molecule has 3 heterocycles. The molecular weight excluding hydrogens is 166 g/mol. The van der Waals surface area contributed by atoms with Gasteiger partial charge in [-0.2, -0.15) is 0 Å². The smallest absolute Gasteiger partial charge is 0.151 e. The molecule has 0 saturated heterocycles. The lowest BCUT2D eigenvalue weighted by atomic mass is 10.5. The van der Waals surface area contributed by atoms with E-state index in [1.54, 1.807) is 18.8 Å². The zero-order chi connectivity index (χ0) is 8.93. The molecule has 0 bridgehead atoms. The quantitative estimate of drug-likeness (QED) is 0.570. The molecule has 3 rings (SSSR count). The Bertz CT molecular complexity index is 368. The molecule has 0 unspecified atom stereocenters. The largest absolute Gasteiger partial charge is 0.473 e. The highest BCUT2D eigenvalue weighted by Gasteiger charge is 1.91. The van der Waals surface area contributed by atoms with Crippen LogP contribution >= 0.6 is 0 Å². The van der Waals surface area contributed by atoms with Crippen LogP contribution in [0.1, 0.15) is 0 Å². The molecule has 0 radical (unpaired) electrons. The summed E-state index contributed by atoms with van der Waals surface area (Å²) in [6, 6.07) is 7.46. The first-order valence-corrected chi connectivity index (χ1v) is 3.94. The highest BCUT2D eigenvalue weighted by molar-refractivity contribution is 5.72. The van der Waals surface area contributed by atoms with Gasteiger partial charge in [-0.05, 0) is 18.2 Å². The van der Waals surface area contributed by atoms with Crippen molar-refractivity contribution in [1.29, 1.82) is 0 Å². The van der Waals surface area contributed by atoms with E-state index in [-0.39, 0.29) is 0 Å². The Labute approximate surface area is 75.0 Å². The second kappa shape index (κ2) is 3.67. The highest BCUT2D eigenvalue weighted by Crippen LogP contribution is 2.10. The molecule has 0 fully saturated rings. The summed E-state index contributed by atoms with van der Waals surface area (Å²) < 4.78 is 9.61. The Hall–Kier alpha value is -1.90. The summed E-state index contributed by atoms with van der Waals surface area (Å²) in [6.45, 7) is 0. The number of aromatic nitrogens is 1. The van der Waals surface area contributed by atoms with E-state index in [0.717, 1.165) is 11.1 Å². The molecule has 0 atom stereocenters. The van der Waals surface area contributed by atoms with E-state index in [2.05, 4.69) is 9.40 Å². The SMILES string of the molecule is c1cc2occc2[nH]1.c1ccoc1. The standard InChI is InChI=1S/C6H5NO.C4H4O/c1-3-7-5-2-4-8-6(1)5;1-2-4-5-3-1/h1-4,7H;1-4H. The van der Waals surface area contributed by atoms with E-state index in [0.29, 0.717) is 0 Å². The lowest BCUT2D eigenvalue weighted by Crippen LogP contribution is -1.49. The topological polar surface area (TPSA) is 42.1 Å². The molecule has 66 valence electrons. The second-order valence-electron chi connectivity index (χ2n) is 2.47. The van der Waals surface area contributed by atoms with E-state index in [9.17, 15) is 0 Å².